The minimum atomic E-state index is 0.557. The predicted molar refractivity (Wildman–Crippen MR) is 198 cm³/mol. The van der Waals surface area contributed by atoms with Gasteiger partial charge < -0.3 is 4.42 Å². The highest BCUT2D eigenvalue weighted by Crippen LogP contribution is 2.37. The molecular formula is C44H28N4O. The third-order valence-electron chi connectivity index (χ3n) is 8.84. The summed E-state index contributed by atoms with van der Waals surface area (Å²) in [5.74, 6) is 1.74. The van der Waals surface area contributed by atoms with Crippen LogP contribution < -0.4 is 0 Å². The van der Waals surface area contributed by atoms with Crippen molar-refractivity contribution >= 4 is 21.9 Å². The van der Waals surface area contributed by atoms with E-state index in [-0.39, 0.29) is 0 Å². The predicted octanol–water partition coefficient (Wildman–Crippen LogP) is 11.2. The van der Waals surface area contributed by atoms with Gasteiger partial charge in [-0.3, -0.25) is 4.98 Å². The van der Waals surface area contributed by atoms with Crippen LogP contribution in [0.15, 0.2) is 175 Å². The molecule has 5 nitrogen and oxygen atoms in total. The van der Waals surface area contributed by atoms with Gasteiger partial charge >= 0.3 is 0 Å². The van der Waals surface area contributed by atoms with Gasteiger partial charge in [0.15, 0.2) is 17.5 Å². The fourth-order valence-electron chi connectivity index (χ4n) is 6.39. The van der Waals surface area contributed by atoms with Gasteiger partial charge in [0.1, 0.15) is 11.2 Å². The maximum Gasteiger partial charge on any atom is 0.167 e. The van der Waals surface area contributed by atoms with Crippen LogP contribution in [0.4, 0.5) is 0 Å². The van der Waals surface area contributed by atoms with Crippen molar-refractivity contribution in [2.75, 3.05) is 0 Å². The van der Waals surface area contributed by atoms with Crippen molar-refractivity contribution in [2.45, 2.75) is 0 Å². The zero-order valence-electron chi connectivity index (χ0n) is 26.4. The van der Waals surface area contributed by atoms with E-state index in [1.165, 1.54) is 0 Å². The number of benzene rings is 6. The number of hydrogen-bond donors (Lipinski definition) is 0. The molecule has 9 aromatic rings. The molecule has 6 aromatic carbocycles. The standard InChI is InChI=1S/C44H28N4O/c1-3-10-29(11-4-1)34-26-35(31-20-18-30(19-21-31)32-22-24-45-25-23-32)28-36(27-34)43-46-42(33-12-5-2-6-13-33)47-44(48-43)39-16-9-15-38-37-14-7-8-17-40(37)49-41(38)39/h1-28H. The summed E-state index contributed by atoms with van der Waals surface area (Å²) in [7, 11) is 0. The Morgan fingerprint density at radius 1 is 0.347 bits per heavy atom. The number of aromatic nitrogens is 4. The Labute approximate surface area is 283 Å². The van der Waals surface area contributed by atoms with Crippen LogP contribution in [0, 0.1) is 0 Å². The van der Waals surface area contributed by atoms with Crippen molar-refractivity contribution in [1.82, 2.24) is 19.9 Å². The summed E-state index contributed by atoms with van der Waals surface area (Å²) < 4.78 is 6.42. The first kappa shape index (κ1) is 28.5. The van der Waals surface area contributed by atoms with E-state index in [0.717, 1.165) is 72.0 Å². The van der Waals surface area contributed by atoms with Crippen molar-refractivity contribution < 1.29 is 4.42 Å². The minimum Gasteiger partial charge on any atom is -0.455 e. The third-order valence-corrected chi connectivity index (χ3v) is 8.84. The Hall–Kier alpha value is -6.72. The monoisotopic (exact) mass is 628 g/mol. The summed E-state index contributed by atoms with van der Waals surface area (Å²) in [4.78, 5) is 19.4. The summed E-state index contributed by atoms with van der Waals surface area (Å²) >= 11 is 0. The molecule has 0 atom stereocenters. The van der Waals surface area contributed by atoms with Crippen LogP contribution in [0.1, 0.15) is 0 Å². The number of fused-ring (bicyclic) bond motifs is 3. The first-order chi connectivity index (χ1) is 24.3. The summed E-state index contributed by atoms with van der Waals surface area (Å²) in [6.07, 6.45) is 3.64. The van der Waals surface area contributed by atoms with Gasteiger partial charge in [-0.15, -0.1) is 0 Å². The molecular weight excluding hydrogens is 601 g/mol. The van der Waals surface area contributed by atoms with E-state index in [4.69, 9.17) is 19.4 Å². The number of furan rings is 1. The van der Waals surface area contributed by atoms with E-state index in [0.29, 0.717) is 17.5 Å². The Balaban J connectivity index is 1.24. The Kier molecular flexibility index (Phi) is 7.06. The molecule has 0 spiro atoms. The largest absolute Gasteiger partial charge is 0.455 e. The van der Waals surface area contributed by atoms with E-state index in [1.807, 2.05) is 91.3 Å². The molecule has 0 fully saturated rings. The van der Waals surface area contributed by atoms with Gasteiger partial charge in [-0.1, -0.05) is 115 Å². The molecule has 0 radical (unpaired) electrons. The molecule has 49 heavy (non-hydrogen) atoms. The number of hydrogen-bond acceptors (Lipinski definition) is 5. The number of pyridine rings is 1. The molecule has 0 bridgehead atoms. The summed E-state index contributed by atoms with van der Waals surface area (Å²) in [6, 6.07) is 54.0. The summed E-state index contributed by atoms with van der Waals surface area (Å²) in [5.41, 5.74) is 10.8. The molecule has 0 unspecified atom stereocenters. The molecule has 9 rings (SSSR count). The number of nitrogens with zero attached hydrogens (tertiary/aromatic N) is 4. The van der Waals surface area contributed by atoms with Gasteiger partial charge in [0.25, 0.3) is 0 Å². The lowest BCUT2D eigenvalue weighted by molar-refractivity contribution is 0.669. The Bertz CT molecular complexity index is 2580. The van der Waals surface area contributed by atoms with Gasteiger partial charge in [-0.05, 0) is 75.8 Å². The second kappa shape index (κ2) is 12.1. The molecule has 0 N–H and O–H groups in total. The molecule has 0 aliphatic carbocycles. The Morgan fingerprint density at radius 3 is 1.57 bits per heavy atom. The first-order valence-corrected chi connectivity index (χ1v) is 16.2. The van der Waals surface area contributed by atoms with E-state index >= 15 is 0 Å². The molecule has 0 aliphatic heterocycles. The molecule has 0 aliphatic rings. The number of rotatable bonds is 6. The lowest BCUT2D eigenvalue weighted by Crippen LogP contribution is -2.00. The van der Waals surface area contributed by atoms with Crippen LogP contribution in [0.25, 0.3) is 89.5 Å². The van der Waals surface area contributed by atoms with Crippen LogP contribution in [-0.2, 0) is 0 Å². The second-order valence-electron chi connectivity index (χ2n) is 11.9. The first-order valence-electron chi connectivity index (χ1n) is 16.2. The van der Waals surface area contributed by atoms with Gasteiger partial charge in [0, 0.05) is 34.3 Å². The molecule has 5 heteroatoms. The highest BCUT2D eigenvalue weighted by atomic mass is 16.3. The molecule has 0 saturated heterocycles. The normalized spacial score (nSPS) is 11.3. The van der Waals surface area contributed by atoms with E-state index < -0.39 is 0 Å². The lowest BCUT2D eigenvalue weighted by atomic mass is 9.94. The molecule has 3 aromatic heterocycles. The van der Waals surface area contributed by atoms with Crippen LogP contribution in [-0.4, -0.2) is 19.9 Å². The summed E-state index contributed by atoms with van der Waals surface area (Å²) in [5, 5.41) is 2.09. The fourth-order valence-corrected chi connectivity index (χ4v) is 6.39. The van der Waals surface area contributed by atoms with Crippen LogP contribution in [0.5, 0.6) is 0 Å². The topological polar surface area (TPSA) is 64.7 Å². The maximum absolute atomic E-state index is 6.42. The van der Waals surface area contributed by atoms with Crippen LogP contribution in [0.3, 0.4) is 0 Å². The van der Waals surface area contributed by atoms with E-state index in [9.17, 15) is 0 Å². The van der Waals surface area contributed by atoms with Crippen LogP contribution in [0.2, 0.25) is 0 Å². The number of para-hydroxylation sites is 2. The molecule has 230 valence electrons. The zero-order chi connectivity index (χ0) is 32.6. The molecule has 0 saturated carbocycles. The van der Waals surface area contributed by atoms with Crippen molar-refractivity contribution in [3.05, 3.63) is 170 Å². The highest BCUT2D eigenvalue weighted by molar-refractivity contribution is 6.09. The van der Waals surface area contributed by atoms with Crippen molar-refractivity contribution in [3.63, 3.8) is 0 Å². The minimum absolute atomic E-state index is 0.557. The fraction of sp³-hybridized carbons (Fsp3) is 0. The SMILES string of the molecule is c1ccc(-c2cc(-c3ccc(-c4ccncc4)cc3)cc(-c3nc(-c4ccccc4)nc(-c4cccc5c4oc4ccccc45)n3)c2)cc1. The smallest absolute Gasteiger partial charge is 0.167 e. The van der Waals surface area contributed by atoms with Crippen molar-refractivity contribution in [3.8, 4) is 67.5 Å². The summed E-state index contributed by atoms with van der Waals surface area (Å²) in [6.45, 7) is 0. The highest BCUT2D eigenvalue weighted by Gasteiger charge is 2.18. The van der Waals surface area contributed by atoms with E-state index in [1.54, 1.807) is 0 Å². The van der Waals surface area contributed by atoms with Crippen molar-refractivity contribution in [2.24, 2.45) is 0 Å². The molecule has 3 heterocycles. The van der Waals surface area contributed by atoms with Gasteiger partial charge in [0.2, 0.25) is 0 Å². The average molecular weight is 629 g/mol. The Morgan fingerprint density at radius 2 is 0.857 bits per heavy atom. The zero-order valence-corrected chi connectivity index (χ0v) is 26.4. The lowest BCUT2D eigenvalue weighted by Gasteiger charge is -2.13. The van der Waals surface area contributed by atoms with E-state index in [2.05, 4.69) is 83.8 Å². The van der Waals surface area contributed by atoms with Crippen LogP contribution >= 0.6 is 0 Å². The van der Waals surface area contributed by atoms with Gasteiger partial charge in [-0.2, -0.15) is 0 Å². The second-order valence-corrected chi connectivity index (χ2v) is 11.9. The third kappa shape index (κ3) is 5.43. The van der Waals surface area contributed by atoms with Crippen molar-refractivity contribution in [1.29, 1.82) is 0 Å². The van der Waals surface area contributed by atoms with Gasteiger partial charge in [-0.25, -0.2) is 15.0 Å². The quantitative estimate of drug-likeness (QED) is 0.183. The average Bonchev–Trinajstić information content (AvgIpc) is 3.58. The maximum atomic E-state index is 6.42. The van der Waals surface area contributed by atoms with Gasteiger partial charge in [0.05, 0.1) is 5.56 Å². The molecule has 0 amide bonds.